The van der Waals surface area contributed by atoms with Crippen LogP contribution in [0.5, 0.6) is 0 Å². The summed E-state index contributed by atoms with van der Waals surface area (Å²) in [6.45, 7) is 0.377. The molecule has 1 unspecified atom stereocenters. The number of thioether (sulfide) groups is 1. The van der Waals surface area contributed by atoms with Crippen molar-refractivity contribution in [2.24, 2.45) is 5.73 Å². The molecular formula is C30H25N3OS. The first kappa shape index (κ1) is 24.1. The molecule has 0 radical (unpaired) electrons. The topological polar surface area (TPSA) is 82.8 Å². The second-order valence-electron chi connectivity index (χ2n) is 8.10. The number of nitriles is 2. The third kappa shape index (κ3) is 5.55. The molecule has 0 saturated heterocycles. The minimum atomic E-state index is -0.223. The Bertz CT molecular complexity index is 1440. The molecule has 0 aliphatic heterocycles. The Morgan fingerprint density at radius 3 is 2.37 bits per heavy atom. The van der Waals surface area contributed by atoms with Crippen molar-refractivity contribution >= 4 is 22.5 Å². The first-order valence-corrected chi connectivity index (χ1v) is 12.5. The molecule has 172 valence electrons. The van der Waals surface area contributed by atoms with Crippen molar-refractivity contribution in [3.63, 3.8) is 0 Å². The summed E-state index contributed by atoms with van der Waals surface area (Å²) < 4.78 is 6.37. The lowest BCUT2D eigenvalue weighted by atomic mass is 9.93. The standard InChI is InChI=1S/C30H25N3OS/c1-35-30(19-33)29(16-21-9-11-22(17-31)12-10-21)34-20-23-13-14-25(18-32)28(15-23)27-8-4-6-24-5-2-3-7-26(24)27/h2-15,19,29H,16,20,33H2,1H3/b30-19-. The van der Waals surface area contributed by atoms with Gasteiger partial charge in [-0.25, -0.2) is 0 Å². The molecule has 2 N–H and O–H groups in total. The van der Waals surface area contributed by atoms with E-state index >= 15 is 0 Å². The molecule has 0 aliphatic carbocycles. The number of nitrogens with two attached hydrogens (primary N) is 1. The zero-order valence-electron chi connectivity index (χ0n) is 19.4. The van der Waals surface area contributed by atoms with Gasteiger partial charge in [-0.05, 0) is 58.0 Å². The first-order chi connectivity index (χ1) is 17.2. The van der Waals surface area contributed by atoms with E-state index < -0.39 is 0 Å². The van der Waals surface area contributed by atoms with Gasteiger partial charge in [-0.2, -0.15) is 10.5 Å². The minimum Gasteiger partial charge on any atom is -0.404 e. The van der Waals surface area contributed by atoms with Crippen LogP contribution in [-0.4, -0.2) is 12.4 Å². The Balaban J connectivity index is 1.62. The van der Waals surface area contributed by atoms with Gasteiger partial charge in [-0.1, -0.05) is 60.7 Å². The molecule has 0 spiro atoms. The van der Waals surface area contributed by atoms with Crippen molar-refractivity contribution in [2.75, 3.05) is 6.26 Å². The van der Waals surface area contributed by atoms with Crippen molar-refractivity contribution in [1.29, 1.82) is 10.5 Å². The molecule has 1 atom stereocenters. The molecule has 0 aliphatic rings. The minimum absolute atomic E-state index is 0.223. The van der Waals surface area contributed by atoms with Crippen LogP contribution in [0, 0.1) is 22.7 Å². The highest BCUT2D eigenvalue weighted by atomic mass is 32.2. The van der Waals surface area contributed by atoms with E-state index in [1.165, 1.54) is 0 Å². The summed E-state index contributed by atoms with van der Waals surface area (Å²) in [7, 11) is 0. The lowest BCUT2D eigenvalue weighted by molar-refractivity contribution is 0.0698. The molecule has 35 heavy (non-hydrogen) atoms. The quantitative estimate of drug-likeness (QED) is 0.313. The number of hydrogen-bond acceptors (Lipinski definition) is 5. The second-order valence-corrected chi connectivity index (χ2v) is 8.98. The molecule has 4 aromatic rings. The van der Waals surface area contributed by atoms with Gasteiger partial charge in [0.05, 0.1) is 36.0 Å². The smallest absolute Gasteiger partial charge is 0.0998 e. The largest absolute Gasteiger partial charge is 0.404 e. The highest BCUT2D eigenvalue weighted by Crippen LogP contribution is 2.32. The van der Waals surface area contributed by atoms with E-state index in [1.54, 1.807) is 18.0 Å². The first-order valence-electron chi connectivity index (χ1n) is 11.2. The summed E-state index contributed by atoms with van der Waals surface area (Å²) in [6.07, 6.45) is 4.00. The van der Waals surface area contributed by atoms with Gasteiger partial charge in [-0.3, -0.25) is 0 Å². The maximum atomic E-state index is 9.77. The molecular weight excluding hydrogens is 450 g/mol. The van der Waals surface area contributed by atoms with E-state index in [4.69, 9.17) is 15.7 Å². The fourth-order valence-electron chi connectivity index (χ4n) is 4.14. The third-order valence-corrected chi connectivity index (χ3v) is 6.83. The zero-order chi connectivity index (χ0) is 24.6. The molecule has 4 nitrogen and oxygen atoms in total. The average Bonchev–Trinajstić information content (AvgIpc) is 2.92. The summed E-state index contributed by atoms with van der Waals surface area (Å²) in [4.78, 5) is 0.942. The Kier molecular flexibility index (Phi) is 7.85. The van der Waals surface area contributed by atoms with Crippen LogP contribution >= 0.6 is 11.8 Å². The van der Waals surface area contributed by atoms with Crippen molar-refractivity contribution in [3.05, 3.63) is 118 Å². The molecule has 0 bridgehead atoms. The normalized spacial score (nSPS) is 12.1. The van der Waals surface area contributed by atoms with E-state index in [9.17, 15) is 5.26 Å². The fourth-order valence-corrected chi connectivity index (χ4v) is 4.69. The van der Waals surface area contributed by atoms with Gasteiger partial charge in [0.2, 0.25) is 0 Å². The molecule has 0 heterocycles. The number of nitrogens with zero attached hydrogens (tertiary/aromatic N) is 2. The van der Waals surface area contributed by atoms with Crippen molar-refractivity contribution in [1.82, 2.24) is 0 Å². The van der Waals surface area contributed by atoms with Crippen LogP contribution in [0.1, 0.15) is 22.3 Å². The molecule has 5 heteroatoms. The van der Waals surface area contributed by atoms with Gasteiger partial charge in [0.15, 0.2) is 0 Å². The fraction of sp³-hybridized carbons (Fsp3) is 0.133. The summed E-state index contributed by atoms with van der Waals surface area (Å²) in [6, 6.07) is 32.2. The van der Waals surface area contributed by atoms with Crippen LogP contribution < -0.4 is 5.73 Å². The molecule has 0 fully saturated rings. The highest BCUT2D eigenvalue weighted by molar-refractivity contribution is 8.02. The Morgan fingerprint density at radius 2 is 1.66 bits per heavy atom. The summed E-state index contributed by atoms with van der Waals surface area (Å²) in [5.74, 6) is 0. The summed E-state index contributed by atoms with van der Waals surface area (Å²) in [5, 5.41) is 21.1. The predicted octanol–water partition coefficient (Wildman–Crippen LogP) is 6.54. The highest BCUT2D eigenvalue weighted by Gasteiger charge is 2.17. The van der Waals surface area contributed by atoms with Gasteiger partial charge < -0.3 is 10.5 Å². The lowest BCUT2D eigenvalue weighted by Gasteiger charge is -2.20. The van der Waals surface area contributed by atoms with Crippen molar-refractivity contribution in [2.45, 2.75) is 19.1 Å². The van der Waals surface area contributed by atoms with Crippen LogP contribution in [0.25, 0.3) is 21.9 Å². The summed E-state index contributed by atoms with van der Waals surface area (Å²) >= 11 is 1.56. The Labute approximate surface area is 210 Å². The van der Waals surface area contributed by atoms with Gasteiger partial charge in [-0.15, -0.1) is 11.8 Å². The zero-order valence-corrected chi connectivity index (χ0v) is 20.3. The Hall–Kier alpha value is -4.03. The number of benzene rings is 4. The number of fused-ring (bicyclic) bond motifs is 1. The average molecular weight is 476 g/mol. The van der Waals surface area contributed by atoms with Gasteiger partial charge in [0.1, 0.15) is 0 Å². The second kappa shape index (κ2) is 11.4. The lowest BCUT2D eigenvalue weighted by Crippen LogP contribution is -2.18. The van der Waals surface area contributed by atoms with E-state index in [0.29, 0.717) is 24.2 Å². The number of ether oxygens (including phenoxy) is 1. The van der Waals surface area contributed by atoms with Crippen LogP contribution in [0.3, 0.4) is 0 Å². The van der Waals surface area contributed by atoms with Crippen molar-refractivity contribution in [3.8, 4) is 23.3 Å². The van der Waals surface area contributed by atoms with Crippen LogP contribution in [0.4, 0.5) is 0 Å². The van der Waals surface area contributed by atoms with Crippen LogP contribution in [-0.2, 0) is 17.8 Å². The molecule has 0 amide bonds. The SMILES string of the molecule is CS/C(=C\N)C(Cc1ccc(C#N)cc1)OCc1ccc(C#N)c(-c2cccc3ccccc23)c1. The van der Waals surface area contributed by atoms with Gasteiger partial charge in [0, 0.05) is 23.1 Å². The maximum Gasteiger partial charge on any atom is 0.0998 e. The van der Waals surface area contributed by atoms with Gasteiger partial charge >= 0.3 is 0 Å². The van der Waals surface area contributed by atoms with Gasteiger partial charge in [0.25, 0.3) is 0 Å². The summed E-state index contributed by atoms with van der Waals surface area (Å²) in [5.41, 5.74) is 11.1. The maximum absolute atomic E-state index is 9.77. The van der Waals surface area contributed by atoms with Crippen LogP contribution in [0.2, 0.25) is 0 Å². The third-order valence-electron chi connectivity index (χ3n) is 5.96. The molecule has 0 aromatic heterocycles. The monoisotopic (exact) mass is 475 g/mol. The van der Waals surface area contributed by atoms with E-state index in [1.807, 2.05) is 66.9 Å². The Morgan fingerprint density at radius 1 is 0.914 bits per heavy atom. The van der Waals surface area contributed by atoms with E-state index in [0.717, 1.165) is 37.9 Å². The predicted molar refractivity (Wildman–Crippen MR) is 143 cm³/mol. The van der Waals surface area contributed by atoms with E-state index in [2.05, 4.69) is 36.4 Å². The van der Waals surface area contributed by atoms with Crippen molar-refractivity contribution < 1.29 is 4.74 Å². The molecule has 4 rings (SSSR count). The molecule has 0 saturated carbocycles. The molecule has 4 aromatic carbocycles. The van der Waals surface area contributed by atoms with E-state index in [-0.39, 0.29) is 6.10 Å². The number of hydrogen-bond donors (Lipinski definition) is 1. The van der Waals surface area contributed by atoms with Crippen LogP contribution in [0.15, 0.2) is 96.0 Å². The number of rotatable bonds is 8.